The lowest BCUT2D eigenvalue weighted by Gasteiger charge is -2.37. The second-order valence-electron chi connectivity index (χ2n) is 6.71. The highest BCUT2D eigenvalue weighted by molar-refractivity contribution is 6.23. The molecule has 0 radical (unpaired) electrons. The minimum Gasteiger partial charge on any atom is -0.339 e. The molecule has 1 N–H and O–H groups in total. The van der Waals surface area contributed by atoms with Gasteiger partial charge in [0.2, 0.25) is 5.91 Å². The Morgan fingerprint density at radius 1 is 1.44 bits per heavy atom. The van der Waals surface area contributed by atoms with E-state index in [0.717, 1.165) is 0 Å². The van der Waals surface area contributed by atoms with Gasteiger partial charge >= 0.3 is 0 Å². The zero-order valence-corrected chi connectivity index (χ0v) is 14.3. The largest absolute Gasteiger partial charge is 0.339 e. The number of hydrogen-bond donors (Lipinski definition) is 1. The molecule has 0 bridgehead atoms. The Hall–Kier alpha value is -2.75. The first-order chi connectivity index (χ1) is 11.8. The summed E-state index contributed by atoms with van der Waals surface area (Å²) < 4.78 is 14.3. The van der Waals surface area contributed by atoms with E-state index in [-0.39, 0.29) is 18.4 Å². The fraction of sp³-hybridized carbons (Fsp3) is 0.444. The number of rotatable bonds is 4. The molecule has 130 valence electrons. The van der Waals surface area contributed by atoms with Gasteiger partial charge in [-0.05, 0) is 12.8 Å². The summed E-state index contributed by atoms with van der Waals surface area (Å²) in [5.74, 6) is -1.37. The van der Waals surface area contributed by atoms with Gasteiger partial charge in [-0.2, -0.15) is 5.26 Å². The maximum atomic E-state index is 14.3. The Labute approximate surface area is 145 Å². The van der Waals surface area contributed by atoms with Crippen molar-refractivity contribution in [3.63, 3.8) is 0 Å². The third kappa shape index (κ3) is 2.78. The van der Waals surface area contributed by atoms with E-state index in [1.54, 1.807) is 13.0 Å². The van der Waals surface area contributed by atoms with Gasteiger partial charge in [-0.25, -0.2) is 4.39 Å². The van der Waals surface area contributed by atoms with E-state index in [0.29, 0.717) is 28.8 Å². The van der Waals surface area contributed by atoms with Gasteiger partial charge in [-0.1, -0.05) is 19.9 Å². The highest BCUT2D eigenvalue weighted by Gasteiger charge is 2.41. The predicted molar refractivity (Wildman–Crippen MR) is 88.3 cm³/mol. The number of aromatic nitrogens is 1. The molecule has 7 heteroatoms. The summed E-state index contributed by atoms with van der Waals surface area (Å²) >= 11 is 0. The molecule has 0 saturated carbocycles. The number of amides is 2. The van der Waals surface area contributed by atoms with Crippen LogP contribution < -0.4 is 5.32 Å². The molecular weight excluding hydrogens is 323 g/mol. The molecule has 2 amide bonds. The third-order valence-electron chi connectivity index (χ3n) is 4.59. The number of hydrogen-bond acceptors (Lipinski definition) is 4. The second kappa shape index (κ2) is 6.28. The quantitative estimate of drug-likeness (QED) is 0.900. The van der Waals surface area contributed by atoms with Crippen LogP contribution in [0.25, 0.3) is 5.57 Å². The average molecular weight is 342 g/mol. The van der Waals surface area contributed by atoms with Gasteiger partial charge in [0.1, 0.15) is 17.9 Å². The van der Waals surface area contributed by atoms with Crippen molar-refractivity contribution < 1.29 is 14.0 Å². The zero-order chi connectivity index (χ0) is 18.3. The summed E-state index contributed by atoms with van der Waals surface area (Å²) in [5.41, 5.74) is 2.09. The summed E-state index contributed by atoms with van der Waals surface area (Å²) in [7, 11) is 0. The maximum Gasteiger partial charge on any atom is 0.255 e. The Balaban J connectivity index is 2.00. The maximum absolute atomic E-state index is 14.3. The first kappa shape index (κ1) is 17.1. The summed E-state index contributed by atoms with van der Waals surface area (Å²) in [4.78, 5) is 31.0. The van der Waals surface area contributed by atoms with Crippen LogP contribution in [0.1, 0.15) is 37.6 Å². The summed E-state index contributed by atoms with van der Waals surface area (Å²) in [6.07, 6.45) is 3.39. The molecule has 0 saturated heterocycles. The van der Waals surface area contributed by atoms with Crippen LogP contribution >= 0.6 is 0 Å². The number of halogens is 1. The normalized spacial score (nSPS) is 17.7. The molecule has 6 nitrogen and oxygen atoms in total. The van der Waals surface area contributed by atoms with E-state index in [1.807, 2.05) is 19.9 Å². The smallest absolute Gasteiger partial charge is 0.255 e. The number of nitrogens with one attached hydrogen (secondary N) is 1. The predicted octanol–water partition coefficient (Wildman–Crippen LogP) is 1.56. The number of nitrogens with zero attached hydrogens (tertiary/aromatic N) is 3. The van der Waals surface area contributed by atoms with Gasteiger partial charge in [0.25, 0.3) is 5.91 Å². The molecule has 2 heterocycles. The van der Waals surface area contributed by atoms with Crippen LogP contribution in [0.3, 0.4) is 0 Å². The topological polar surface area (TPSA) is 86.1 Å². The number of pyridine rings is 1. The lowest BCUT2D eigenvalue weighted by molar-refractivity contribution is -0.139. The molecule has 2 aliphatic rings. The van der Waals surface area contributed by atoms with Crippen molar-refractivity contribution in [3.05, 3.63) is 34.9 Å². The molecule has 0 aromatic carbocycles. The van der Waals surface area contributed by atoms with Crippen molar-refractivity contribution in [2.75, 3.05) is 0 Å². The minimum atomic E-state index is -0.783. The molecular formula is C18H19FN4O2. The Bertz CT molecular complexity index is 825. The fourth-order valence-corrected chi connectivity index (χ4v) is 3.45. The summed E-state index contributed by atoms with van der Waals surface area (Å²) in [6, 6.07) is 0.491. The van der Waals surface area contributed by atoms with Crippen molar-refractivity contribution in [2.45, 2.75) is 45.8 Å². The molecule has 1 unspecified atom stereocenters. The number of allylic oxidation sites excluding steroid dienone is 1. The van der Waals surface area contributed by atoms with Crippen molar-refractivity contribution in [3.8, 4) is 6.07 Å². The van der Waals surface area contributed by atoms with E-state index < -0.39 is 23.8 Å². The number of carbonyl (C=O) groups excluding carboxylic acids is 2. The highest BCUT2D eigenvalue weighted by Crippen LogP contribution is 2.38. The van der Waals surface area contributed by atoms with Crippen LogP contribution in [0.5, 0.6) is 0 Å². The van der Waals surface area contributed by atoms with Gasteiger partial charge in [0.05, 0.1) is 24.5 Å². The van der Waals surface area contributed by atoms with E-state index in [9.17, 15) is 14.0 Å². The van der Waals surface area contributed by atoms with Crippen LogP contribution in [0.4, 0.5) is 4.39 Å². The van der Waals surface area contributed by atoms with Crippen molar-refractivity contribution in [1.82, 2.24) is 15.2 Å². The van der Waals surface area contributed by atoms with E-state index in [2.05, 4.69) is 10.3 Å². The Morgan fingerprint density at radius 2 is 2.16 bits per heavy atom. The molecule has 1 aliphatic carbocycles. The van der Waals surface area contributed by atoms with Gasteiger partial charge < -0.3 is 10.2 Å². The van der Waals surface area contributed by atoms with Crippen LogP contribution in [0.15, 0.2) is 12.3 Å². The Morgan fingerprint density at radius 3 is 2.80 bits per heavy atom. The van der Waals surface area contributed by atoms with Crippen LogP contribution in [0, 0.1) is 23.1 Å². The standard InChI is InChI=1S/C18H19FN4O2/c1-9(2)16(17(24)22-10(3)6-20)23-8-12-13(19)7-21-14-5-4-11(15(12)14)18(23)25/h4,7,9-10,16H,5,8H2,1-3H3,(H,22,24)/t10?,16-/m1/s1. The van der Waals surface area contributed by atoms with Crippen molar-refractivity contribution in [1.29, 1.82) is 5.26 Å². The van der Waals surface area contributed by atoms with Crippen molar-refractivity contribution >= 4 is 17.4 Å². The highest BCUT2D eigenvalue weighted by atomic mass is 19.1. The van der Waals surface area contributed by atoms with Gasteiger partial charge in [-0.15, -0.1) is 0 Å². The third-order valence-corrected chi connectivity index (χ3v) is 4.59. The lowest BCUT2D eigenvalue weighted by Crippen LogP contribution is -2.54. The van der Waals surface area contributed by atoms with Crippen LogP contribution in [-0.4, -0.2) is 33.8 Å². The van der Waals surface area contributed by atoms with E-state index in [4.69, 9.17) is 5.26 Å². The number of carbonyl (C=O) groups is 2. The molecule has 3 rings (SSSR count). The minimum absolute atomic E-state index is 0.0179. The molecule has 1 aromatic rings. The molecule has 0 spiro atoms. The average Bonchev–Trinajstić information content (AvgIpc) is 2.99. The van der Waals surface area contributed by atoms with Gasteiger partial charge in [0, 0.05) is 23.1 Å². The monoisotopic (exact) mass is 342 g/mol. The molecule has 2 atom stereocenters. The van der Waals surface area contributed by atoms with Crippen LogP contribution in [-0.2, 0) is 22.6 Å². The fourth-order valence-electron chi connectivity index (χ4n) is 3.45. The molecule has 25 heavy (non-hydrogen) atoms. The number of nitriles is 1. The molecule has 1 aliphatic heterocycles. The summed E-state index contributed by atoms with van der Waals surface area (Å²) in [5, 5.41) is 11.5. The van der Waals surface area contributed by atoms with E-state index >= 15 is 0 Å². The van der Waals surface area contributed by atoms with Crippen LogP contribution in [0.2, 0.25) is 0 Å². The zero-order valence-electron chi connectivity index (χ0n) is 14.3. The SMILES string of the molecule is CC(C#N)NC(=O)[C@@H](C(C)C)N1Cc2c(F)cnc3c2C(=CC3)C1=O. The van der Waals surface area contributed by atoms with Crippen molar-refractivity contribution in [2.24, 2.45) is 5.92 Å². The summed E-state index contributed by atoms with van der Waals surface area (Å²) in [6.45, 7) is 5.23. The molecule has 0 fully saturated rings. The lowest BCUT2D eigenvalue weighted by atomic mass is 9.92. The Kier molecular flexibility index (Phi) is 4.29. The first-order valence-corrected chi connectivity index (χ1v) is 8.22. The van der Waals surface area contributed by atoms with Gasteiger partial charge in [-0.3, -0.25) is 14.6 Å². The van der Waals surface area contributed by atoms with Gasteiger partial charge in [0.15, 0.2) is 0 Å². The van der Waals surface area contributed by atoms with E-state index in [1.165, 1.54) is 11.1 Å². The molecule has 1 aromatic heterocycles. The second-order valence-corrected chi connectivity index (χ2v) is 6.71. The first-order valence-electron chi connectivity index (χ1n) is 8.22.